The standard InChI is InChI=1S/C22H28O/c1-16(2)18-12-14-22(15-13-18,19-6-4-17(3)5-7-19)20-8-10-21(23)11-9-20/h4-11,16,18,23H,12-15H2,1-3H3. The predicted molar refractivity (Wildman–Crippen MR) is 96.9 cm³/mol. The second-order valence-corrected chi connectivity index (χ2v) is 7.58. The van der Waals surface area contributed by atoms with Crippen LogP contribution in [0.25, 0.3) is 0 Å². The van der Waals surface area contributed by atoms with Gasteiger partial charge in [0.25, 0.3) is 0 Å². The second kappa shape index (κ2) is 6.39. The molecule has 1 aliphatic rings. The lowest BCUT2D eigenvalue weighted by atomic mass is 9.61. The van der Waals surface area contributed by atoms with Crippen LogP contribution in [-0.2, 0) is 5.41 Å². The molecule has 1 heteroatoms. The molecular formula is C22H28O. The summed E-state index contributed by atoms with van der Waals surface area (Å²) in [6.45, 7) is 6.85. The molecule has 0 unspecified atom stereocenters. The molecule has 2 aromatic carbocycles. The number of phenolic OH excluding ortho intramolecular Hbond substituents is 1. The minimum atomic E-state index is 0.104. The van der Waals surface area contributed by atoms with Gasteiger partial charge in [0.15, 0.2) is 0 Å². The van der Waals surface area contributed by atoms with E-state index in [1.54, 1.807) is 0 Å². The lowest BCUT2D eigenvalue weighted by Crippen LogP contribution is -2.34. The molecule has 0 radical (unpaired) electrons. The quantitative estimate of drug-likeness (QED) is 0.756. The molecule has 1 nitrogen and oxygen atoms in total. The molecule has 0 bridgehead atoms. The number of hydrogen-bond donors (Lipinski definition) is 1. The van der Waals surface area contributed by atoms with Gasteiger partial charge in [-0.05, 0) is 67.7 Å². The van der Waals surface area contributed by atoms with E-state index in [0.29, 0.717) is 5.75 Å². The van der Waals surface area contributed by atoms with Crippen LogP contribution < -0.4 is 0 Å². The number of aromatic hydroxyl groups is 1. The Morgan fingerprint density at radius 1 is 0.870 bits per heavy atom. The van der Waals surface area contributed by atoms with Gasteiger partial charge in [-0.1, -0.05) is 55.8 Å². The number of hydrogen-bond acceptors (Lipinski definition) is 1. The number of benzene rings is 2. The molecule has 0 spiro atoms. The highest BCUT2D eigenvalue weighted by atomic mass is 16.3. The monoisotopic (exact) mass is 308 g/mol. The van der Waals surface area contributed by atoms with Crippen LogP contribution in [0, 0.1) is 18.8 Å². The fourth-order valence-corrected chi connectivity index (χ4v) is 4.20. The average Bonchev–Trinajstić information content (AvgIpc) is 2.56. The third-order valence-corrected chi connectivity index (χ3v) is 5.85. The highest BCUT2D eigenvalue weighted by molar-refractivity contribution is 5.42. The van der Waals surface area contributed by atoms with Gasteiger partial charge in [-0.2, -0.15) is 0 Å². The number of phenols is 1. The molecule has 0 aromatic heterocycles. The van der Waals surface area contributed by atoms with Gasteiger partial charge < -0.3 is 5.11 Å². The van der Waals surface area contributed by atoms with Crippen molar-refractivity contribution in [3.63, 3.8) is 0 Å². The summed E-state index contributed by atoms with van der Waals surface area (Å²) in [5, 5.41) is 9.66. The van der Waals surface area contributed by atoms with Gasteiger partial charge in [-0.15, -0.1) is 0 Å². The Morgan fingerprint density at radius 3 is 1.83 bits per heavy atom. The van der Waals surface area contributed by atoms with Crippen LogP contribution in [0.15, 0.2) is 48.5 Å². The zero-order valence-corrected chi connectivity index (χ0v) is 14.5. The Hall–Kier alpha value is -1.76. The lowest BCUT2D eigenvalue weighted by molar-refractivity contribution is 0.217. The average molecular weight is 308 g/mol. The van der Waals surface area contributed by atoms with Crippen molar-refractivity contribution in [2.24, 2.45) is 11.8 Å². The lowest BCUT2D eigenvalue weighted by Gasteiger charge is -2.42. The second-order valence-electron chi connectivity index (χ2n) is 7.58. The highest BCUT2D eigenvalue weighted by Gasteiger charge is 2.38. The molecule has 1 saturated carbocycles. The van der Waals surface area contributed by atoms with Crippen LogP contribution in [0.4, 0.5) is 0 Å². The van der Waals surface area contributed by atoms with E-state index in [0.717, 1.165) is 11.8 Å². The molecule has 0 heterocycles. The van der Waals surface area contributed by atoms with E-state index in [2.05, 4.69) is 57.2 Å². The molecule has 2 aromatic rings. The summed E-state index contributed by atoms with van der Waals surface area (Å²) in [6.07, 6.45) is 4.96. The third-order valence-electron chi connectivity index (χ3n) is 5.85. The van der Waals surface area contributed by atoms with Gasteiger partial charge in [0.1, 0.15) is 5.75 Å². The SMILES string of the molecule is Cc1ccc(C2(c3ccc(O)cc3)CCC(C(C)C)CC2)cc1. The van der Waals surface area contributed by atoms with E-state index in [4.69, 9.17) is 0 Å². The van der Waals surface area contributed by atoms with E-state index in [-0.39, 0.29) is 5.41 Å². The maximum absolute atomic E-state index is 9.66. The molecule has 0 aliphatic heterocycles. The first-order valence-electron chi connectivity index (χ1n) is 8.88. The molecule has 1 N–H and O–H groups in total. The summed E-state index contributed by atoms with van der Waals surface area (Å²) >= 11 is 0. The molecule has 0 amide bonds. The van der Waals surface area contributed by atoms with Crippen LogP contribution in [0.5, 0.6) is 5.75 Å². The first kappa shape index (κ1) is 16.1. The summed E-state index contributed by atoms with van der Waals surface area (Å²) in [7, 11) is 0. The van der Waals surface area contributed by atoms with Crippen LogP contribution in [-0.4, -0.2) is 5.11 Å². The minimum absolute atomic E-state index is 0.104. The first-order valence-corrected chi connectivity index (χ1v) is 8.88. The molecule has 3 rings (SSSR count). The fourth-order valence-electron chi connectivity index (χ4n) is 4.20. The van der Waals surface area contributed by atoms with Crippen molar-refractivity contribution in [3.8, 4) is 5.75 Å². The summed E-state index contributed by atoms with van der Waals surface area (Å²) in [5.41, 5.74) is 4.19. The Morgan fingerprint density at radius 2 is 1.35 bits per heavy atom. The fraction of sp³-hybridized carbons (Fsp3) is 0.455. The Bertz CT molecular complexity index is 581. The van der Waals surface area contributed by atoms with Gasteiger partial charge in [0.2, 0.25) is 0 Å². The predicted octanol–water partition coefficient (Wildman–Crippen LogP) is 5.83. The summed E-state index contributed by atoms with van der Waals surface area (Å²) < 4.78 is 0. The summed E-state index contributed by atoms with van der Waals surface area (Å²) in [5.74, 6) is 1.96. The molecule has 122 valence electrons. The van der Waals surface area contributed by atoms with Gasteiger partial charge in [0.05, 0.1) is 0 Å². The van der Waals surface area contributed by atoms with Crippen molar-refractivity contribution < 1.29 is 5.11 Å². The summed E-state index contributed by atoms with van der Waals surface area (Å²) in [6, 6.07) is 17.0. The minimum Gasteiger partial charge on any atom is -0.508 e. The molecule has 23 heavy (non-hydrogen) atoms. The summed E-state index contributed by atoms with van der Waals surface area (Å²) in [4.78, 5) is 0. The zero-order chi connectivity index (χ0) is 16.4. The highest BCUT2D eigenvalue weighted by Crippen LogP contribution is 2.48. The van der Waals surface area contributed by atoms with E-state index in [1.165, 1.54) is 42.4 Å². The van der Waals surface area contributed by atoms with E-state index in [9.17, 15) is 5.11 Å². The van der Waals surface area contributed by atoms with Crippen LogP contribution in [0.1, 0.15) is 56.2 Å². The van der Waals surface area contributed by atoms with Crippen LogP contribution in [0.2, 0.25) is 0 Å². The third kappa shape index (κ3) is 3.15. The molecule has 0 atom stereocenters. The number of rotatable bonds is 3. The van der Waals surface area contributed by atoms with Crippen LogP contribution in [0.3, 0.4) is 0 Å². The molecular weight excluding hydrogens is 280 g/mol. The van der Waals surface area contributed by atoms with Crippen molar-refractivity contribution in [1.29, 1.82) is 0 Å². The maximum atomic E-state index is 9.66. The number of aryl methyl sites for hydroxylation is 1. The smallest absolute Gasteiger partial charge is 0.115 e. The molecule has 1 aliphatic carbocycles. The normalized spacial score (nSPS) is 24.8. The van der Waals surface area contributed by atoms with Crippen molar-refractivity contribution in [2.75, 3.05) is 0 Å². The van der Waals surface area contributed by atoms with Gasteiger partial charge in [0, 0.05) is 5.41 Å². The van der Waals surface area contributed by atoms with Crippen molar-refractivity contribution in [2.45, 2.75) is 51.9 Å². The molecule has 1 fully saturated rings. The Kier molecular flexibility index (Phi) is 4.48. The van der Waals surface area contributed by atoms with Gasteiger partial charge in [-0.25, -0.2) is 0 Å². The van der Waals surface area contributed by atoms with Gasteiger partial charge in [-0.3, -0.25) is 0 Å². The van der Waals surface area contributed by atoms with Crippen molar-refractivity contribution in [3.05, 3.63) is 65.2 Å². The van der Waals surface area contributed by atoms with E-state index >= 15 is 0 Å². The first-order chi connectivity index (χ1) is 11.0. The van der Waals surface area contributed by atoms with Gasteiger partial charge >= 0.3 is 0 Å². The van der Waals surface area contributed by atoms with E-state index in [1.807, 2.05) is 12.1 Å². The largest absolute Gasteiger partial charge is 0.508 e. The van der Waals surface area contributed by atoms with Crippen LogP contribution >= 0.6 is 0 Å². The maximum Gasteiger partial charge on any atom is 0.115 e. The van der Waals surface area contributed by atoms with Crippen molar-refractivity contribution in [1.82, 2.24) is 0 Å². The molecule has 0 saturated heterocycles. The zero-order valence-electron chi connectivity index (χ0n) is 14.5. The topological polar surface area (TPSA) is 20.2 Å². The Labute approximate surface area is 140 Å². The van der Waals surface area contributed by atoms with E-state index < -0.39 is 0 Å². The Balaban J connectivity index is 2.00. The van der Waals surface area contributed by atoms with Crippen molar-refractivity contribution >= 4 is 0 Å².